The molecule has 6 fully saturated rings. The summed E-state index contributed by atoms with van der Waals surface area (Å²) in [5.41, 5.74) is 13.5. The Hall–Kier alpha value is -8.24. The molecule has 0 unspecified atom stereocenters. The average molecular weight is 1590 g/mol. The SMILES string of the molecule is C=C1c2ccc(C)cc2C=CN1[C@H]1C[C@@H](O)[C@@H](CO)O1.C=C1c2sccc2C=CN1[C@H]1C[C@@H](O)[C@@H](CO)O1.C=C1c2scnc2C=CN1[C@H]1C[C@@H](O)[C@@H](CO)O1.COc1cc(C#N)c(F)cc1[C@H]1C[C@@H](O)[C@@H](CO)O1.COc1cc(C)c(F)cc1[C@H]1C[C@@H](O)[C@@H](CO)O1.Cc1cc2ccccc2cc1[C@H]1C[C@@H](O)[C@@H](CO)O1. The summed E-state index contributed by atoms with van der Waals surface area (Å²) in [6.07, 6.45) is 4.91. The molecule has 11 heterocycles. The van der Waals surface area contributed by atoms with E-state index in [1.54, 1.807) is 35.9 Å². The number of methoxy groups -OCH3 is 2. The van der Waals surface area contributed by atoms with Gasteiger partial charge in [-0.3, -0.25) is 0 Å². The predicted octanol–water partition coefficient (Wildman–Crippen LogP) is 8.61. The molecule has 0 radical (unpaired) electrons. The number of ether oxygens (including phenoxy) is 8. The van der Waals surface area contributed by atoms with Gasteiger partial charge in [0.1, 0.15) is 84.5 Å². The van der Waals surface area contributed by atoms with E-state index in [1.807, 2.05) is 69.0 Å². The summed E-state index contributed by atoms with van der Waals surface area (Å²) in [6.45, 7) is 16.9. The molecule has 0 aliphatic carbocycles. The second-order valence-electron chi connectivity index (χ2n) is 28.2. The van der Waals surface area contributed by atoms with Crippen molar-refractivity contribution in [2.45, 2.75) is 170 Å². The van der Waals surface area contributed by atoms with Crippen molar-refractivity contribution in [1.29, 1.82) is 5.26 Å². The summed E-state index contributed by atoms with van der Waals surface area (Å²) in [6, 6.07) is 27.9. The maximum absolute atomic E-state index is 13.7. The fourth-order valence-corrected chi connectivity index (χ4v) is 16.2. The molecule has 112 heavy (non-hydrogen) atoms. The van der Waals surface area contributed by atoms with Crippen molar-refractivity contribution >= 4 is 68.8 Å². The van der Waals surface area contributed by atoms with Gasteiger partial charge in [0.2, 0.25) is 0 Å². The van der Waals surface area contributed by atoms with Gasteiger partial charge in [0, 0.05) is 85.6 Å². The number of thiophene rings is 1. The third kappa shape index (κ3) is 19.1. The monoisotopic (exact) mass is 1590 g/mol. The van der Waals surface area contributed by atoms with Crippen molar-refractivity contribution in [1.82, 2.24) is 19.7 Å². The maximum Gasteiger partial charge on any atom is 0.141 e. The highest BCUT2D eigenvalue weighted by Gasteiger charge is 2.43. The van der Waals surface area contributed by atoms with Gasteiger partial charge in [0.15, 0.2) is 0 Å². The number of aryl methyl sites for hydroxylation is 3. The lowest BCUT2D eigenvalue weighted by Gasteiger charge is -2.32. The van der Waals surface area contributed by atoms with Gasteiger partial charge in [-0.1, -0.05) is 73.8 Å². The number of rotatable bonds is 14. The second-order valence-corrected chi connectivity index (χ2v) is 30.0. The van der Waals surface area contributed by atoms with Crippen molar-refractivity contribution in [3.8, 4) is 17.6 Å². The van der Waals surface area contributed by atoms with E-state index in [-0.39, 0.29) is 82.2 Å². The van der Waals surface area contributed by atoms with Crippen LogP contribution in [-0.2, 0) is 28.4 Å². The van der Waals surface area contributed by atoms with Gasteiger partial charge in [0.25, 0.3) is 0 Å². The standard InChI is InChI=1S/C16H19NO3.C16H18O3.C13H14FNO4.C13H17FO4.C13H15NO3S.C12H14N2O3S/c1-10-3-4-13-11(2)17(6-5-12(13)7-10)16-8-14(19)15(9-18)20-16;1-10-6-11-4-2-3-5-12(11)7-13(10)15-8-14(18)16(9-17)19-15;1-18-11-2-7(5-15)9(14)3-8(11)12-4-10(17)13(6-16)19-12;1-7-3-11(17-2)8(4-9(7)14)12-5-10(16)13(6-15)18-12;1-8-13-9(3-5-18-13)2-4-14(8)12-6-10(16)11(7-15)17-12;1-7-12-8(13-6-18-12)2-3-14(7)11-4-9(16)10(5-15)17-11/h3-7,14-16,18-19H,2,8-9H2,1H3;2-7,14-18H,8-9H2,1H3;2-3,10,12-13,16-17H,4,6H2,1H3;3-4,10,12-13,15-16H,5-6H2,1-2H3;2-5,10-12,15-16H,1,6-7H2;2-3,6,9-11,15-16H,1,4-5H2/t2*14-,15-,16-;2*10-,12-,13-;10-,11-,12-;9-,10-,11-/m111111/s1. The lowest BCUT2D eigenvalue weighted by molar-refractivity contribution is -0.0505. The van der Waals surface area contributed by atoms with Crippen molar-refractivity contribution < 1.29 is 108 Å². The zero-order valence-corrected chi connectivity index (χ0v) is 64.3. The summed E-state index contributed by atoms with van der Waals surface area (Å²) < 4.78 is 71.2. The van der Waals surface area contributed by atoms with Crippen LogP contribution in [0, 0.1) is 43.7 Å². The van der Waals surface area contributed by atoms with Crippen LogP contribution in [0.5, 0.6) is 11.5 Å². The molecule has 5 aromatic carbocycles. The second kappa shape index (κ2) is 38.3. The van der Waals surface area contributed by atoms with Crippen molar-refractivity contribution in [3.05, 3.63) is 217 Å². The predicted molar refractivity (Wildman–Crippen MR) is 416 cm³/mol. The molecule has 29 heteroatoms. The molecule has 9 aliphatic heterocycles. The number of aliphatic hydroxyl groups excluding tert-OH is 12. The minimum Gasteiger partial charge on any atom is -0.496 e. The summed E-state index contributed by atoms with van der Waals surface area (Å²) in [7, 11) is 2.91. The first-order valence-electron chi connectivity index (χ1n) is 36.7. The lowest BCUT2D eigenvalue weighted by Crippen LogP contribution is -2.31. The first-order chi connectivity index (χ1) is 53.9. The van der Waals surface area contributed by atoms with Gasteiger partial charge in [-0.15, -0.1) is 22.7 Å². The van der Waals surface area contributed by atoms with Crippen molar-refractivity contribution in [2.75, 3.05) is 53.9 Å². The number of aromatic nitrogens is 1. The molecule has 6 saturated heterocycles. The zero-order chi connectivity index (χ0) is 80.4. The topological polar surface area (TPSA) is 363 Å². The average Bonchev–Trinajstić information content (AvgIpc) is 1.31. The molecule has 0 bridgehead atoms. The number of hydrogen-bond acceptors (Lipinski definition) is 27. The van der Waals surface area contributed by atoms with Crippen LogP contribution in [0.2, 0.25) is 0 Å². The third-order valence-corrected chi connectivity index (χ3v) is 22.8. The zero-order valence-electron chi connectivity index (χ0n) is 62.6. The quantitative estimate of drug-likeness (QED) is 0.0484. The molecule has 25 nitrogen and oxygen atoms in total. The number of aliphatic hydroxyl groups is 12. The molecule has 0 spiro atoms. The van der Waals surface area contributed by atoms with Crippen molar-refractivity contribution in [3.63, 3.8) is 0 Å². The van der Waals surface area contributed by atoms with Crippen LogP contribution < -0.4 is 9.47 Å². The van der Waals surface area contributed by atoms with E-state index in [9.17, 15) is 39.4 Å². The number of fused-ring (bicyclic) bond motifs is 4. The van der Waals surface area contributed by atoms with E-state index in [0.717, 1.165) is 54.8 Å². The molecule has 9 aliphatic rings. The molecular weight excluding hydrogens is 1490 g/mol. The molecule has 600 valence electrons. The normalized spacial score (nSPS) is 28.5. The molecule has 0 saturated carbocycles. The van der Waals surface area contributed by atoms with Gasteiger partial charge >= 0.3 is 0 Å². The Bertz CT molecular complexity index is 4480. The van der Waals surface area contributed by atoms with E-state index in [0.29, 0.717) is 60.3 Å². The summed E-state index contributed by atoms with van der Waals surface area (Å²) in [5.74, 6) is -0.140. The highest BCUT2D eigenvalue weighted by Crippen LogP contribution is 2.44. The molecule has 2 aromatic heterocycles. The Morgan fingerprint density at radius 1 is 0.482 bits per heavy atom. The van der Waals surface area contributed by atoms with E-state index in [2.05, 4.69) is 87.1 Å². The highest BCUT2D eigenvalue weighted by molar-refractivity contribution is 7.11. The van der Waals surface area contributed by atoms with E-state index in [4.69, 9.17) is 73.8 Å². The molecule has 16 rings (SSSR count). The maximum atomic E-state index is 13.7. The number of hydrogen-bond donors (Lipinski definition) is 12. The van der Waals surface area contributed by atoms with Crippen LogP contribution in [0.3, 0.4) is 0 Å². The molecule has 18 atom stereocenters. The minimum absolute atomic E-state index is 0.113. The number of thiazole rings is 1. The summed E-state index contributed by atoms with van der Waals surface area (Å²) >= 11 is 3.18. The fourth-order valence-electron chi connectivity index (χ4n) is 14.6. The Kier molecular flexibility index (Phi) is 28.9. The van der Waals surface area contributed by atoms with Crippen LogP contribution in [0.1, 0.15) is 128 Å². The first kappa shape index (κ1) is 84.7. The van der Waals surface area contributed by atoms with Crippen LogP contribution in [0.4, 0.5) is 8.78 Å². The number of nitrogens with zero attached hydrogens (tertiary/aromatic N) is 5. The van der Waals surface area contributed by atoms with Gasteiger partial charge in [-0.05, 0) is 113 Å². The van der Waals surface area contributed by atoms with Gasteiger partial charge in [-0.2, -0.15) is 5.26 Å². The van der Waals surface area contributed by atoms with Gasteiger partial charge in [0.05, 0.1) is 147 Å². The van der Waals surface area contributed by atoms with Crippen molar-refractivity contribution in [2.24, 2.45) is 0 Å². The fraction of sp³-hybridized carbons (Fsp3) is 0.422. The van der Waals surface area contributed by atoms with Crippen LogP contribution in [0.15, 0.2) is 134 Å². The highest BCUT2D eigenvalue weighted by atomic mass is 32.1. The first-order valence-corrected chi connectivity index (χ1v) is 38.5. The molecule has 7 aromatic rings. The number of halogens is 2. The summed E-state index contributed by atoms with van der Waals surface area (Å²) in [4.78, 5) is 12.1. The van der Waals surface area contributed by atoms with Crippen LogP contribution in [0.25, 0.3) is 46.1 Å². The Morgan fingerprint density at radius 2 is 0.920 bits per heavy atom. The van der Waals surface area contributed by atoms with E-state index in [1.165, 1.54) is 65.7 Å². The van der Waals surface area contributed by atoms with Gasteiger partial charge in [-0.25, -0.2) is 13.8 Å². The Balaban J connectivity index is 0.000000133. The molecule has 0 amide bonds. The van der Waals surface area contributed by atoms with Gasteiger partial charge < -0.3 is 114 Å². The number of nitriles is 1. The Labute approximate surface area is 656 Å². The smallest absolute Gasteiger partial charge is 0.141 e. The Morgan fingerprint density at radius 3 is 1.40 bits per heavy atom. The summed E-state index contributed by atoms with van der Waals surface area (Å²) in [5, 5.41) is 126. The lowest BCUT2D eigenvalue weighted by atomic mass is 9.96. The number of benzene rings is 5. The van der Waals surface area contributed by atoms with E-state index < -0.39 is 91.3 Å². The molecular formula is C83H97F2N5O20S2. The molecule has 12 N–H and O–H groups in total. The van der Waals surface area contributed by atoms with Crippen LogP contribution in [-0.4, -0.2) is 227 Å². The van der Waals surface area contributed by atoms with Crippen LogP contribution >= 0.6 is 22.7 Å². The third-order valence-electron chi connectivity index (χ3n) is 20.9. The largest absolute Gasteiger partial charge is 0.496 e. The van der Waals surface area contributed by atoms with E-state index >= 15 is 0 Å². The minimum atomic E-state index is -0.807.